The van der Waals surface area contributed by atoms with E-state index in [1.807, 2.05) is 0 Å². The van der Waals surface area contributed by atoms with Crippen LogP contribution in [-0.4, -0.2) is 10.0 Å². The zero-order chi connectivity index (χ0) is 13.8. The lowest BCUT2D eigenvalue weighted by Crippen LogP contribution is -1.86. The van der Waals surface area contributed by atoms with Crippen LogP contribution in [0.2, 0.25) is 0 Å². The van der Waals surface area contributed by atoms with Gasteiger partial charge in [-0.2, -0.15) is 5.11 Å². The number of nitro groups is 1. The summed E-state index contributed by atoms with van der Waals surface area (Å²) in [6.45, 7) is 3.62. The predicted octanol–water partition coefficient (Wildman–Crippen LogP) is 3.90. The first-order chi connectivity index (χ1) is 9.08. The molecule has 0 saturated carbocycles. The van der Waals surface area contributed by atoms with E-state index in [0.29, 0.717) is 11.3 Å². The number of hydrogen-bond donors (Lipinski definition) is 1. The van der Waals surface area contributed by atoms with Gasteiger partial charge in [0.05, 0.1) is 10.6 Å². The highest BCUT2D eigenvalue weighted by Crippen LogP contribution is 2.29. The first-order valence-electron chi connectivity index (χ1n) is 5.38. The van der Waals surface area contributed by atoms with Crippen LogP contribution in [0.3, 0.4) is 0 Å². The van der Waals surface area contributed by atoms with E-state index in [1.165, 1.54) is 24.3 Å². The number of phenolic OH excluding ortho intramolecular Hbond substituents is 1. The van der Waals surface area contributed by atoms with E-state index in [0.717, 1.165) is 0 Å². The Morgan fingerprint density at radius 2 is 1.89 bits per heavy atom. The van der Waals surface area contributed by atoms with Gasteiger partial charge in [-0.15, -0.1) is 5.11 Å². The third-order valence-corrected chi connectivity index (χ3v) is 2.41. The van der Waals surface area contributed by atoms with Gasteiger partial charge < -0.3 is 5.11 Å². The number of rotatable bonds is 3. The molecular formula is C13H10N3O3. The van der Waals surface area contributed by atoms with Gasteiger partial charge in [0, 0.05) is 6.07 Å². The van der Waals surface area contributed by atoms with E-state index in [-0.39, 0.29) is 17.1 Å². The summed E-state index contributed by atoms with van der Waals surface area (Å²) in [6, 6.07) is 10.6. The SMILES string of the molecule is [CH2]c1cc(N=Nc2ccccc2[N+](=O)[O-])ccc1O. The zero-order valence-electron chi connectivity index (χ0n) is 9.85. The van der Waals surface area contributed by atoms with Crippen LogP contribution in [0.25, 0.3) is 0 Å². The molecule has 0 heterocycles. The van der Waals surface area contributed by atoms with Gasteiger partial charge >= 0.3 is 0 Å². The molecule has 0 aliphatic rings. The van der Waals surface area contributed by atoms with Crippen molar-refractivity contribution in [1.82, 2.24) is 0 Å². The number of para-hydroxylation sites is 1. The summed E-state index contributed by atoms with van der Waals surface area (Å²) in [4.78, 5) is 10.3. The molecule has 0 amide bonds. The number of azo groups is 1. The minimum absolute atomic E-state index is 0.0599. The Kier molecular flexibility index (Phi) is 3.51. The summed E-state index contributed by atoms with van der Waals surface area (Å²) >= 11 is 0. The molecule has 0 atom stereocenters. The van der Waals surface area contributed by atoms with E-state index in [9.17, 15) is 15.2 Å². The lowest BCUT2D eigenvalue weighted by molar-refractivity contribution is -0.384. The highest BCUT2D eigenvalue weighted by Gasteiger charge is 2.11. The Hall–Kier alpha value is -2.76. The van der Waals surface area contributed by atoms with Crippen molar-refractivity contribution in [2.45, 2.75) is 0 Å². The van der Waals surface area contributed by atoms with Crippen LogP contribution in [0.5, 0.6) is 5.75 Å². The molecule has 2 aromatic carbocycles. The van der Waals surface area contributed by atoms with Gasteiger partial charge in [0.2, 0.25) is 0 Å². The lowest BCUT2D eigenvalue weighted by Gasteiger charge is -1.99. The molecule has 0 saturated heterocycles. The summed E-state index contributed by atoms with van der Waals surface area (Å²) in [5.74, 6) is 0.0599. The third-order valence-electron chi connectivity index (χ3n) is 2.41. The molecule has 6 heteroatoms. The van der Waals surface area contributed by atoms with Gasteiger partial charge in [0.15, 0.2) is 5.69 Å². The minimum Gasteiger partial charge on any atom is -0.508 e. The van der Waals surface area contributed by atoms with Crippen molar-refractivity contribution < 1.29 is 10.0 Å². The average Bonchev–Trinajstić information content (AvgIpc) is 2.40. The summed E-state index contributed by atoms with van der Waals surface area (Å²) in [6.07, 6.45) is 0. The maximum atomic E-state index is 10.8. The van der Waals surface area contributed by atoms with Crippen LogP contribution in [0.15, 0.2) is 52.7 Å². The van der Waals surface area contributed by atoms with Crippen molar-refractivity contribution >= 4 is 17.1 Å². The molecule has 0 aromatic heterocycles. The van der Waals surface area contributed by atoms with Gasteiger partial charge in [-0.25, -0.2) is 0 Å². The number of phenols is 1. The highest BCUT2D eigenvalue weighted by atomic mass is 16.6. The number of benzene rings is 2. The fourth-order valence-electron chi connectivity index (χ4n) is 1.45. The third kappa shape index (κ3) is 2.92. The Morgan fingerprint density at radius 3 is 2.58 bits per heavy atom. The standard InChI is InChI=1S/C13H10N3O3/c1-9-8-10(6-7-13(9)17)14-15-11-4-2-3-5-12(11)16(18)19/h2-8,17H,1H2. The molecule has 2 aromatic rings. The Balaban J connectivity index is 2.32. The normalized spacial score (nSPS) is 10.8. The number of nitro benzene ring substituents is 1. The molecule has 95 valence electrons. The fraction of sp³-hybridized carbons (Fsp3) is 0. The minimum atomic E-state index is -0.516. The first-order valence-corrected chi connectivity index (χ1v) is 5.38. The maximum Gasteiger partial charge on any atom is 0.296 e. The van der Waals surface area contributed by atoms with Crippen molar-refractivity contribution in [3.63, 3.8) is 0 Å². The monoisotopic (exact) mass is 256 g/mol. The molecule has 0 aliphatic heterocycles. The van der Waals surface area contributed by atoms with E-state index < -0.39 is 4.92 Å². The molecule has 19 heavy (non-hydrogen) atoms. The van der Waals surface area contributed by atoms with E-state index >= 15 is 0 Å². The van der Waals surface area contributed by atoms with Crippen LogP contribution in [-0.2, 0) is 0 Å². The van der Waals surface area contributed by atoms with Crippen LogP contribution >= 0.6 is 0 Å². The second-order valence-corrected chi connectivity index (χ2v) is 3.76. The van der Waals surface area contributed by atoms with Gasteiger partial charge in [-0.3, -0.25) is 10.1 Å². The highest BCUT2D eigenvalue weighted by molar-refractivity contribution is 5.57. The second-order valence-electron chi connectivity index (χ2n) is 3.76. The summed E-state index contributed by atoms with van der Waals surface area (Å²) in [7, 11) is 0. The largest absolute Gasteiger partial charge is 0.508 e. The summed E-state index contributed by atoms with van der Waals surface area (Å²) in [5.41, 5.74) is 0.936. The fourth-order valence-corrected chi connectivity index (χ4v) is 1.45. The number of nitrogens with zero attached hydrogens (tertiary/aromatic N) is 3. The topological polar surface area (TPSA) is 88.1 Å². The van der Waals surface area contributed by atoms with Gasteiger partial charge in [-0.05, 0) is 36.8 Å². The van der Waals surface area contributed by atoms with Crippen molar-refractivity contribution in [2.24, 2.45) is 10.2 Å². The molecule has 0 aliphatic carbocycles. The molecule has 0 unspecified atom stereocenters. The van der Waals surface area contributed by atoms with Crippen molar-refractivity contribution in [1.29, 1.82) is 0 Å². The molecular weight excluding hydrogens is 246 g/mol. The number of aromatic hydroxyl groups is 1. The van der Waals surface area contributed by atoms with Crippen LogP contribution in [0.4, 0.5) is 17.1 Å². The van der Waals surface area contributed by atoms with E-state index in [2.05, 4.69) is 17.2 Å². The summed E-state index contributed by atoms with van der Waals surface area (Å²) in [5, 5.41) is 27.8. The van der Waals surface area contributed by atoms with E-state index in [4.69, 9.17) is 0 Å². The van der Waals surface area contributed by atoms with Gasteiger partial charge in [-0.1, -0.05) is 12.1 Å². The van der Waals surface area contributed by atoms with Crippen LogP contribution in [0.1, 0.15) is 5.56 Å². The Labute approximate surface area is 109 Å². The Morgan fingerprint density at radius 1 is 1.16 bits per heavy atom. The van der Waals surface area contributed by atoms with Crippen molar-refractivity contribution in [3.8, 4) is 5.75 Å². The van der Waals surface area contributed by atoms with Gasteiger partial charge in [0.25, 0.3) is 5.69 Å². The molecule has 6 nitrogen and oxygen atoms in total. The van der Waals surface area contributed by atoms with Crippen LogP contribution < -0.4 is 0 Å². The quantitative estimate of drug-likeness (QED) is 0.513. The smallest absolute Gasteiger partial charge is 0.296 e. The average molecular weight is 256 g/mol. The molecule has 0 fully saturated rings. The van der Waals surface area contributed by atoms with Gasteiger partial charge in [0.1, 0.15) is 5.75 Å². The van der Waals surface area contributed by atoms with E-state index in [1.54, 1.807) is 18.2 Å². The maximum absolute atomic E-state index is 10.8. The Bertz CT molecular complexity index is 653. The predicted molar refractivity (Wildman–Crippen MR) is 69.8 cm³/mol. The first kappa shape index (κ1) is 12.7. The summed E-state index contributed by atoms with van der Waals surface area (Å²) < 4.78 is 0. The van der Waals surface area contributed by atoms with Crippen LogP contribution in [0, 0.1) is 17.0 Å². The molecule has 1 radical (unpaired) electrons. The molecule has 0 bridgehead atoms. The van der Waals surface area contributed by atoms with Crippen molar-refractivity contribution in [3.05, 3.63) is 65.1 Å². The number of hydrogen-bond acceptors (Lipinski definition) is 5. The lowest BCUT2D eigenvalue weighted by atomic mass is 10.2. The zero-order valence-corrected chi connectivity index (χ0v) is 9.85. The molecule has 0 spiro atoms. The second kappa shape index (κ2) is 5.26. The molecule has 2 rings (SSSR count). The van der Waals surface area contributed by atoms with Crippen molar-refractivity contribution in [2.75, 3.05) is 0 Å². The molecule has 1 N–H and O–H groups in total.